The molecule has 2 aromatic carbocycles. The summed E-state index contributed by atoms with van der Waals surface area (Å²) in [6.07, 6.45) is 0. The Balaban J connectivity index is 2.58. The Morgan fingerprint density at radius 3 is 2.15 bits per heavy atom. The van der Waals surface area contributed by atoms with E-state index in [-0.39, 0.29) is 11.9 Å². The van der Waals surface area contributed by atoms with Crippen molar-refractivity contribution in [2.24, 2.45) is 0 Å². The van der Waals surface area contributed by atoms with Crippen molar-refractivity contribution in [3.05, 3.63) is 68.4 Å². The standard InChI is InChI=1S/C16H16Cl2FN/c1-9-6-12(19)7-10(2)15(9)16(20-3)13-5-4-11(17)8-14(13)18/h4-8,16,20H,1-3H3. The molecule has 0 amide bonds. The molecule has 0 spiro atoms. The van der Waals surface area contributed by atoms with Crippen LogP contribution in [0.5, 0.6) is 0 Å². The van der Waals surface area contributed by atoms with Gasteiger partial charge in [0.25, 0.3) is 0 Å². The first kappa shape index (κ1) is 15.3. The summed E-state index contributed by atoms with van der Waals surface area (Å²) in [4.78, 5) is 0. The van der Waals surface area contributed by atoms with Crippen LogP contribution in [0.15, 0.2) is 30.3 Å². The maximum atomic E-state index is 13.4. The van der Waals surface area contributed by atoms with Crippen LogP contribution in [0.4, 0.5) is 4.39 Å². The molecule has 4 heteroatoms. The molecule has 0 aliphatic rings. The molecule has 1 unspecified atom stereocenters. The average molecular weight is 312 g/mol. The second-order valence-electron chi connectivity index (χ2n) is 4.84. The minimum Gasteiger partial charge on any atom is -0.309 e. The third-order valence-electron chi connectivity index (χ3n) is 3.41. The second kappa shape index (κ2) is 6.13. The lowest BCUT2D eigenvalue weighted by Crippen LogP contribution is -2.20. The first-order chi connectivity index (χ1) is 9.43. The number of nitrogens with one attached hydrogen (secondary N) is 1. The molecule has 0 aromatic heterocycles. The Morgan fingerprint density at radius 2 is 1.65 bits per heavy atom. The molecule has 0 bridgehead atoms. The lowest BCUT2D eigenvalue weighted by Gasteiger charge is -2.23. The van der Waals surface area contributed by atoms with Gasteiger partial charge in [0, 0.05) is 10.0 Å². The molecule has 0 radical (unpaired) electrons. The zero-order valence-electron chi connectivity index (χ0n) is 11.6. The first-order valence-corrected chi connectivity index (χ1v) is 7.08. The van der Waals surface area contributed by atoms with Crippen molar-refractivity contribution < 1.29 is 4.39 Å². The molecule has 0 aliphatic heterocycles. The van der Waals surface area contributed by atoms with Crippen LogP contribution in [0.1, 0.15) is 28.3 Å². The van der Waals surface area contributed by atoms with Crippen LogP contribution in [-0.2, 0) is 0 Å². The fraction of sp³-hybridized carbons (Fsp3) is 0.250. The van der Waals surface area contributed by atoms with Crippen molar-refractivity contribution in [3.63, 3.8) is 0 Å². The molecule has 0 saturated heterocycles. The van der Waals surface area contributed by atoms with Crippen LogP contribution in [0.25, 0.3) is 0 Å². The predicted molar refractivity (Wildman–Crippen MR) is 83.2 cm³/mol. The molecule has 1 N–H and O–H groups in total. The van der Waals surface area contributed by atoms with Gasteiger partial charge in [-0.25, -0.2) is 4.39 Å². The largest absolute Gasteiger partial charge is 0.309 e. The highest BCUT2D eigenvalue weighted by Crippen LogP contribution is 2.33. The van der Waals surface area contributed by atoms with Crippen LogP contribution in [0.2, 0.25) is 10.0 Å². The predicted octanol–water partition coefficient (Wildman–Crippen LogP) is 5.06. The van der Waals surface area contributed by atoms with Crippen molar-refractivity contribution in [3.8, 4) is 0 Å². The van der Waals surface area contributed by atoms with Crippen LogP contribution < -0.4 is 5.32 Å². The summed E-state index contributed by atoms with van der Waals surface area (Å²) in [7, 11) is 1.86. The lowest BCUT2D eigenvalue weighted by molar-refractivity contribution is 0.618. The molecule has 1 nitrogen and oxygen atoms in total. The minimum atomic E-state index is -0.221. The highest BCUT2D eigenvalue weighted by atomic mass is 35.5. The van der Waals surface area contributed by atoms with Crippen molar-refractivity contribution in [1.82, 2.24) is 5.32 Å². The third-order valence-corrected chi connectivity index (χ3v) is 3.97. The lowest BCUT2D eigenvalue weighted by atomic mass is 9.91. The van der Waals surface area contributed by atoms with Crippen LogP contribution >= 0.6 is 23.2 Å². The summed E-state index contributed by atoms with van der Waals surface area (Å²) in [6.45, 7) is 3.80. The molecular weight excluding hydrogens is 296 g/mol. The maximum absolute atomic E-state index is 13.4. The van der Waals surface area contributed by atoms with Crippen LogP contribution in [0.3, 0.4) is 0 Å². The van der Waals surface area contributed by atoms with Gasteiger partial charge in [0.2, 0.25) is 0 Å². The fourth-order valence-electron chi connectivity index (χ4n) is 2.57. The number of benzene rings is 2. The number of hydrogen-bond donors (Lipinski definition) is 1. The fourth-order valence-corrected chi connectivity index (χ4v) is 3.09. The number of hydrogen-bond acceptors (Lipinski definition) is 1. The summed E-state index contributed by atoms with van der Waals surface area (Å²) >= 11 is 12.2. The zero-order chi connectivity index (χ0) is 14.9. The van der Waals surface area contributed by atoms with Gasteiger partial charge in [0.1, 0.15) is 5.82 Å². The van der Waals surface area contributed by atoms with E-state index in [2.05, 4.69) is 5.32 Å². The summed E-state index contributed by atoms with van der Waals surface area (Å²) in [5.74, 6) is -0.221. The van der Waals surface area contributed by atoms with E-state index in [1.165, 1.54) is 12.1 Å². The quantitative estimate of drug-likeness (QED) is 0.835. The maximum Gasteiger partial charge on any atom is 0.123 e. The Hall–Kier alpha value is -1.09. The summed E-state index contributed by atoms with van der Waals surface area (Å²) < 4.78 is 13.4. The summed E-state index contributed by atoms with van der Waals surface area (Å²) in [5, 5.41) is 4.44. The molecule has 1 atom stereocenters. The Labute approximate surface area is 128 Å². The van der Waals surface area contributed by atoms with Gasteiger partial charge in [-0.2, -0.15) is 0 Å². The molecular formula is C16H16Cl2FN. The van der Waals surface area contributed by atoms with E-state index in [4.69, 9.17) is 23.2 Å². The Morgan fingerprint density at radius 1 is 1.05 bits per heavy atom. The second-order valence-corrected chi connectivity index (χ2v) is 5.68. The van der Waals surface area contributed by atoms with E-state index in [0.29, 0.717) is 10.0 Å². The first-order valence-electron chi connectivity index (χ1n) is 6.33. The molecule has 20 heavy (non-hydrogen) atoms. The Bertz CT molecular complexity index is 617. The van der Waals surface area contributed by atoms with E-state index >= 15 is 0 Å². The van der Waals surface area contributed by atoms with Crippen molar-refractivity contribution >= 4 is 23.2 Å². The van der Waals surface area contributed by atoms with Gasteiger partial charge < -0.3 is 5.32 Å². The summed E-state index contributed by atoms with van der Waals surface area (Å²) in [5.41, 5.74) is 3.76. The molecule has 2 rings (SSSR count). The highest BCUT2D eigenvalue weighted by Gasteiger charge is 2.19. The topological polar surface area (TPSA) is 12.0 Å². The van der Waals surface area contributed by atoms with Gasteiger partial charge in [-0.3, -0.25) is 0 Å². The van der Waals surface area contributed by atoms with Gasteiger partial charge in [0.05, 0.1) is 6.04 Å². The van der Waals surface area contributed by atoms with E-state index in [0.717, 1.165) is 22.3 Å². The molecule has 0 aliphatic carbocycles. The number of halogens is 3. The van der Waals surface area contributed by atoms with Crippen LogP contribution in [0, 0.1) is 19.7 Å². The van der Waals surface area contributed by atoms with Gasteiger partial charge >= 0.3 is 0 Å². The van der Waals surface area contributed by atoms with Crippen molar-refractivity contribution in [1.29, 1.82) is 0 Å². The zero-order valence-corrected chi connectivity index (χ0v) is 13.1. The van der Waals surface area contributed by atoms with E-state index in [1.807, 2.05) is 27.0 Å². The molecule has 0 saturated carbocycles. The smallest absolute Gasteiger partial charge is 0.123 e. The van der Waals surface area contributed by atoms with Crippen LogP contribution in [-0.4, -0.2) is 7.05 Å². The molecule has 2 aromatic rings. The molecule has 0 fully saturated rings. The van der Waals surface area contributed by atoms with Gasteiger partial charge in [0.15, 0.2) is 0 Å². The third kappa shape index (κ3) is 2.98. The van der Waals surface area contributed by atoms with E-state index in [9.17, 15) is 4.39 Å². The van der Waals surface area contributed by atoms with Gasteiger partial charge in [-0.05, 0) is 67.4 Å². The Kier molecular flexibility index (Phi) is 4.69. The van der Waals surface area contributed by atoms with E-state index < -0.39 is 0 Å². The monoisotopic (exact) mass is 311 g/mol. The molecule has 106 valence electrons. The summed E-state index contributed by atoms with van der Waals surface area (Å²) in [6, 6.07) is 8.40. The highest BCUT2D eigenvalue weighted by molar-refractivity contribution is 6.35. The average Bonchev–Trinajstić information content (AvgIpc) is 2.34. The van der Waals surface area contributed by atoms with Gasteiger partial charge in [-0.1, -0.05) is 29.3 Å². The van der Waals surface area contributed by atoms with Crippen molar-refractivity contribution in [2.45, 2.75) is 19.9 Å². The number of rotatable bonds is 3. The number of aryl methyl sites for hydroxylation is 2. The molecule has 0 heterocycles. The SMILES string of the molecule is CNC(c1ccc(Cl)cc1Cl)c1c(C)cc(F)cc1C. The normalized spacial score (nSPS) is 12.5. The van der Waals surface area contributed by atoms with Gasteiger partial charge in [-0.15, -0.1) is 0 Å². The van der Waals surface area contributed by atoms with Crippen molar-refractivity contribution in [2.75, 3.05) is 7.05 Å². The minimum absolute atomic E-state index is 0.0969. The van der Waals surface area contributed by atoms with E-state index in [1.54, 1.807) is 12.1 Å².